The van der Waals surface area contributed by atoms with Crippen LogP contribution in [0.2, 0.25) is 0 Å². The molecule has 1 atom stereocenters. The van der Waals surface area contributed by atoms with Crippen molar-refractivity contribution in [2.24, 2.45) is 0 Å². The molecule has 166 valence electrons. The Labute approximate surface area is 186 Å². The molecule has 0 bridgehead atoms. The first-order valence-corrected chi connectivity index (χ1v) is 10.6. The fraction of sp³-hybridized carbons (Fsp3) is 0.292. The molecule has 1 aromatic heterocycles. The van der Waals surface area contributed by atoms with Crippen LogP contribution in [0.15, 0.2) is 60.8 Å². The Hall–Kier alpha value is -3.81. The third kappa shape index (κ3) is 4.74. The third-order valence-corrected chi connectivity index (χ3v) is 5.62. The van der Waals surface area contributed by atoms with Crippen molar-refractivity contribution in [3.05, 3.63) is 66.4 Å². The van der Waals surface area contributed by atoms with Gasteiger partial charge in [0.15, 0.2) is 0 Å². The maximum atomic E-state index is 12.6. The average Bonchev–Trinajstić information content (AvgIpc) is 3.32. The molecule has 3 aromatic rings. The van der Waals surface area contributed by atoms with Gasteiger partial charge in [-0.25, -0.2) is 4.79 Å². The van der Waals surface area contributed by atoms with Gasteiger partial charge in [0, 0.05) is 36.7 Å². The van der Waals surface area contributed by atoms with Crippen LogP contribution in [0.5, 0.6) is 5.75 Å². The molecule has 2 heterocycles. The van der Waals surface area contributed by atoms with Crippen molar-refractivity contribution in [3.63, 3.8) is 0 Å². The summed E-state index contributed by atoms with van der Waals surface area (Å²) >= 11 is 0. The molecule has 1 aliphatic rings. The van der Waals surface area contributed by atoms with Gasteiger partial charge in [-0.05, 0) is 36.2 Å². The van der Waals surface area contributed by atoms with Crippen LogP contribution in [0, 0.1) is 0 Å². The van der Waals surface area contributed by atoms with Crippen molar-refractivity contribution in [3.8, 4) is 5.75 Å². The van der Waals surface area contributed by atoms with E-state index in [1.807, 2.05) is 65.4 Å². The van der Waals surface area contributed by atoms with Gasteiger partial charge in [-0.2, -0.15) is 0 Å². The van der Waals surface area contributed by atoms with Crippen LogP contribution in [0.4, 0.5) is 4.79 Å². The number of imide groups is 1. The second-order valence-corrected chi connectivity index (χ2v) is 7.72. The summed E-state index contributed by atoms with van der Waals surface area (Å²) in [4.78, 5) is 38.3. The predicted molar refractivity (Wildman–Crippen MR) is 120 cm³/mol. The van der Waals surface area contributed by atoms with Crippen molar-refractivity contribution < 1.29 is 19.1 Å². The van der Waals surface area contributed by atoms with Crippen molar-refractivity contribution in [1.29, 1.82) is 0 Å². The number of rotatable bonds is 9. The molecule has 0 aliphatic carbocycles. The standard InChI is InChI=1S/C24H26N4O4/c1-32-19-7-8-21-18(15-19)10-12-27(21)14-11-25-22(29)16-20-23(30)28(24(31)26-20)13-9-17-5-3-2-4-6-17/h2-8,10,12,15,20H,9,11,13-14,16H2,1H3,(H,25,29)(H,26,31)/t20-/m0/s1. The molecule has 1 fully saturated rings. The first-order chi connectivity index (χ1) is 15.5. The second-order valence-electron chi connectivity index (χ2n) is 7.72. The number of carbonyl (C=O) groups excluding carboxylic acids is 3. The van der Waals surface area contributed by atoms with E-state index in [4.69, 9.17) is 4.74 Å². The molecule has 8 heteroatoms. The van der Waals surface area contributed by atoms with Crippen LogP contribution in [0.1, 0.15) is 12.0 Å². The van der Waals surface area contributed by atoms with Crippen molar-refractivity contribution in [1.82, 2.24) is 20.1 Å². The van der Waals surface area contributed by atoms with Crippen LogP contribution >= 0.6 is 0 Å². The van der Waals surface area contributed by atoms with Gasteiger partial charge >= 0.3 is 6.03 Å². The largest absolute Gasteiger partial charge is 0.497 e. The first kappa shape index (κ1) is 21.4. The molecule has 2 aromatic carbocycles. The van der Waals surface area contributed by atoms with Gasteiger partial charge in [0.05, 0.1) is 13.5 Å². The van der Waals surface area contributed by atoms with Crippen LogP contribution in [-0.2, 0) is 22.6 Å². The summed E-state index contributed by atoms with van der Waals surface area (Å²) in [5, 5.41) is 6.52. The third-order valence-electron chi connectivity index (χ3n) is 5.62. The molecule has 1 saturated heterocycles. The zero-order valence-corrected chi connectivity index (χ0v) is 17.9. The Kier molecular flexibility index (Phi) is 6.39. The quantitative estimate of drug-likeness (QED) is 0.506. The minimum atomic E-state index is -0.821. The first-order valence-electron chi connectivity index (χ1n) is 10.6. The van der Waals surface area contributed by atoms with Gasteiger partial charge in [0.2, 0.25) is 5.91 Å². The van der Waals surface area contributed by atoms with E-state index in [1.165, 1.54) is 4.90 Å². The molecule has 4 rings (SSSR count). The van der Waals surface area contributed by atoms with E-state index in [2.05, 4.69) is 10.6 Å². The number of aromatic nitrogens is 1. The van der Waals surface area contributed by atoms with E-state index in [9.17, 15) is 14.4 Å². The lowest BCUT2D eigenvalue weighted by Crippen LogP contribution is -2.37. The fourth-order valence-electron chi connectivity index (χ4n) is 3.89. The lowest BCUT2D eigenvalue weighted by atomic mass is 10.1. The number of nitrogens with one attached hydrogen (secondary N) is 2. The van der Waals surface area contributed by atoms with Crippen LogP contribution in [-0.4, -0.2) is 53.6 Å². The number of methoxy groups -OCH3 is 1. The molecular weight excluding hydrogens is 408 g/mol. The van der Waals surface area contributed by atoms with Crippen LogP contribution < -0.4 is 15.4 Å². The van der Waals surface area contributed by atoms with E-state index < -0.39 is 12.1 Å². The Morgan fingerprint density at radius 2 is 1.91 bits per heavy atom. The normalized spacial score (nSPS) is 15.8. The second kappa shape index (κ2) is 9.55. The highest BCUT2D eigenvalue weighted by Crippen LogP contribution is 2.21. The lowest BCUT2D eigenvalue weighted by Gasteiger charge is -2.13. The average molecular weight is 434 g/mol. The number of carbonyl (C=O) groups is 3. The van der Waals surface area contributed by atoms with Gasteiger partial charge in [0.25, 0.3) is 5.91 Å². The molecule has 8 nitrogen and oxygen atoms in total. The highest BCUT2D eigenvalue weighted by molar-refractivity contribution is 6.05. The number of benzene rings is 2. The van der Waals surface area contributed by atoms with Crippen molar-refractivity contribution >= 4 is 28.7 Å². The van der Waals surface area contributed by atoms with E-state index in [1.54, 1.807) is 7.11 Å². The monoisotopic (exact) mass is 434 g/mol. The van der Waals surface area contributed by atoms with Gasteiger partial charge in [0.1, 0.15) is 11.8 Å². The minimum absolute atomic E-state index is 0.0734. The Morgan fingerprint density at radius 1 is 1.09 bits per heavy atom. The topological polar surface area (TPSA) is 92.7 Å². The minimum Gasteiger partial charge on any atom is -0.497 e. The molecule has 32 heavy (non-hydrogen) atoms. The van der Waals surface area contributed by atoms with Gasteiger partial charge in [-0.3, -0.25) is 14.5 Å². The van der Waals surface area contributed by atoms with E-state index in [0.717, 1.165) is 22.2 Å². The summed E-state index contributed by atoms with van der Waals surface area (Å²) in [5.74, 6) is 0.169. The zero-order valence-electron chi connectivity index (χ0n) is 17.9. The molecule has 1 aliphatic heterocycles. The van der Waals surface area contributed by atoms with E-state index in [0.29, 0.717) is 19.5 Å². The Morgan fingerprint density at radius 3 is 2.69 bits per heavy atom. The smallest absolute Gasteiger partial charge is 0.324 e. The lowest BCUT2D eigenvalue weighted by molar-refractivity contribution is -0.130. The Balaban J connectivity index is 1.25. The van der Waals surface area contributed by atoms with Gasteiger partial charge < -0.3 is 19.9 Å². The Bertz CT molecular complexity index is 1130. The molecule has 4 amide bonds. The van der Waals surface area contributed by atoms with E-state index >= 15 is 0 Å². The van der Waals surface area contributed by atoms with Gasteiger partial charge in [-0.15, -0.1) is 0 Å². The molecule has 0 spiro atoms. The highest BCUT2D eigenvalue weighted by Gasteiger charge is 2.38. The summed E-state index contributed by atoms with van der Waals surface area (Å²) in [6, 6.07) is 16.2. The number of urea groups is 1. The number of hydrogen-bond acceptors (Lipinski definition) is 4. The van der Waals surface area contributed by atoms with E-state index in [-0.39, 0.29) is 24.8 Å². The molecule has 0 unspecified atom stereocenters. The molecule has 2 N–H and O–H groups in total. The maximum absolute atomic E-state index is 12.6. The van der Waals surface area contributed by atoms with Crippen molar-refractivity contribution in [2.75, 3.05) is 20.2 Å². The zero-order chi connectivity index (χ0) is 22.5. The van der Waals surface area contributed by atoms with Crippen LogP contribution in [0.25, 0.3) is 10.9 Å². The summed E-state index contributed by atoms with van der Waals surface area (Å²) in [7, 11) is 1.63. The number of ether oxygens (including phenoxy) is 1. The summed E-state index contributed by atoms with van der Waals surface area (Å²) < 4.78 is 7.29. The number of hydrogen-bond donors (Lipinski definition) is 2. The van der Waals surface area contributed by atoms with Crippen LogP contribution in [0.3, 0.4) is 0 Å². The number of nitrogens with zero attached hydrogens (tertiary/aromatic N) is 2. The number of fused-ring (bicyclic) bond motifs is 1. The SMILES string of the molecule is COc1ccc2c(ccn2CCNC(=O)C[C@@H]2NC(=O)N(CCc3ccccc3)C2=O)c1. The molecule has 0 saturated carbocycles. The maximum Gasteiger partial charge on any atom is 0.324 e. The molecule has 0 radical (unpaired) electrons. The fourth-order valence-corrected chi connectivity index (χ4v) is 3.89. The summed E-state index contributed by atoms with van der Waals surface area (Å²) in [6.07, 6.45) is 2.47. The molecular formula is C24H26N4O4. The number of amides is 4. The summed E-state index contributed by atoms with van der Waals surface area (Å²) in [6.45, 7) is 1.30. The highest BCUT2D eigenvalue weighted by atomic mass is 16.5. The van der Waals surface area contributed by atoms with Gasteiger partial charge in [-0.1, -0.05) is 30.3 Å². The predicted octanol–water partition coefficient (Wildman–Crippen LogP) is 2.32. The van der Waals surface area contributed by atoms with Crippen molar-refractivity contribution in [2.45, 2.75) is 25.4 Å². The summed E-state index contributed by atoms with van der Waals surface area (Å²) in [5.41, 5.74) is 2.10.